The van der Waals surface area contributed by atoms with Crippen LogP contribution in [0.25, 0.3) is 0 Å². The third-order valence-electron chi connectivity index (χ3n) is 6.58. The van der Waals surface area contributed by atoms with E-state index in [1.54, 1.807) is 10.5 Å². The molecule has 114 valence electrons. The van der Waals surface area contributed by atoms with Crippen LogP contribution in [0.15, 0.2) is 24.4 Å². The molecule has 1 saturated heterocycles. The molecule has 0 radical (unpaired) electrons. The highest BCUT2D eigenvalue weighted by Gasteiger charge is 2.71. The van der Waals surface area contributed by atoms with Crippen molar-refractivity contribution in [3.63, 3.8) is 0 Å². The average molecular weight is 306 g/mol. The fourth-order valence-corrected chi connectivity index (χ4v) is 7.76. The van der Waals surface area contributed by atoms with Gasteiger partial charge in [0.1, 0.15) is 0 Å². The first-order valence-corrected chi connectivity index (χ1v) is 9.37. The van der Waals surface area contributed by atoms with Crippen molar-refractivity contribution in [2.24, 2.45) is 16.7 Å². The van der Waals surface area contributed by atoms with Gasteiger partial charge in [-0.3, -0.25) is 4.98 Å². The normalized spacial score (nSPS) is 39.5. The summed E-state index contributed by atoms with van der Waals surface area (Å²) in [7, 11) is -3.17. The number of hydrogen-bond donors (Lipinski definition) is 0. The van der Waals surface area contributed by atoms with E-state index in [2.05, 4.69) is 18.8 Å². The van der Waals surface area contributed by atoms with Gasteiger partial charge in [-0.2, -0.15) is 4.31 Å². The Balaban J connectivity index is 1.73. The smallest absolute Gasteiger partial charge is 0.215 e. The van der Waals surface area contributed by atoms with Gasteiger partial charge in [0.15, 0.2) is 0 Å². The summed E-state index contributed by atoms with van der Waals surface area (Å²) in [6.07, 6.45) is 5.02. The molecule has 21 heavy (non-hydrogen) atoms. The second-order valence-corrected chi connectivity index (χ2v) is 9.41. The van der Waals surface area contributed by atoms with Gasteiger partial charge < -0.3 is 0 Å². The van der Waals surface area contributed by atoms with Gasteiger partial charge in [-0.05, 0) is 42.7 Å². The lowest BCUT2D eigenvalue weighted by molar-refractivity contribution is 0.111. The molecule has 4 nitrogen and oxygen atoms in total. The van der Waals surface area contributed by atoms with Gasteiger partial charge >= 0.3 is 0 Å². The van der Waals surface area contributed by atoms with Gasteiger partial charge in [0.2, 0.25) is 10.0 Å². The summed E-state index contributed by atoms with van der Waals surface area (Å²) in [5.74, 6) is 1.00. The van der Waals surface area contributed by atoms with Gasteiger partial charge in [-0.25, -0.2) is 8.42 Å². The summed E-state index contributed by atoms with van der Waals surface area (Å²) in [5.41, 5.74) is 0.952. The highest BCUT2D eigenvalue weighted by molar-refractivity contribution is 7.89. The minimum Gasteiger partial charge on any atom is -0.260 e. The molecule has 2 aliphatic carbocycles. The van der Waals surface area contributed by atoms with Gasteiger partial charge in [-0.15, -0.1) is 0 Å². The summed E-state index contributed by atoms with van der Waals surface area (Å²) in [4.78, 5) is 4.31. The van der Waals surface area contributed by atoms with Crippen molar-refractivity contribution < 1.29 is 8.42 Å². The predicted octanol–water partition coefficient (Wildman–Crippen LogP) is 2.42. The summed E-state index contributed by atoms with van der Waals surface area (Å²) in [5, 5.41) is 0. The maximum absolute atomic E-state index is 12.7. The average Bonchev–Trinajstić information content (AvgIpc) is 2.90. The highest BCUT2D eigenvalue weighted by Crippen LogP contribution is 2.70. The molecule has 2 saturated carbocycles. The van der Waals surface area contributed by atoms with Gasteiger partial charge in [0, 0.05) is 17.7 Å². The zero-order valence-electron chi connectivity index (χ0n) is 12.6. The Morgan fingerprint density at radius 3 is 2.86 bits per heavy atom. The van der Waals surface area contributed by atoms with Crippen LogP contribution in [0.5, 0.6) is 0 Å². The predicted molar refractivity (Wildman–Crippen MR) is 80.9 cm³/mol. The van der Waals surface area contributed by atoms with E-state index >= 15 is 0 Å². The van der Waals surface area contributed by atoms with Crippen LogP contribution in [0.3, 0.4) is 0 Å². The Morgan fingerprint density at radius 2 is 2.19 bits per heavy atom. The van der Waals surface area contributed by atoms with E-state index in [1.807, 2.05) is 18.2 Å². The van der Waals surface area contributed by atoms with Crippen LogP contribution in [-0.4, -0.2) is 29.5 Å². The van der Waals surface area contributed by atoms with E-state index in [9.17, 15) is 8.42 Å². The van der Waals surface area contributed by atoms with Crippen LogP contribution in [0.4, 0.5) is 0 Å². The lowest BCUT2D eigenvalue weighted by Crippen LogP contribution is -2.41. The van der Waals surface area contributed by atoms with Crippen LogP contribution in [0.2, 0.25) is 0 Å². The van der Waals surface area contributed by atoms with Crippen molar-refractivity contribution in [3.8, 4) is 0 Å². The first-order chi connectivity index (χ1) is 9.87. The fourth-order valence-electron chi connectivity index (χ4n) is 5.23. The largest absolute Gasteiger partial charge is 0.260 e. The lowest BCUT2D eigenvalue weighted by atomic mass is 9.69. The third kappa shape index (κ3) is 1.65. The number of rotatable bonds is 2. The van der Waals surface area contributed by atoms with Crippen molar-refractivity contribution >= 4 is 10.0 Å². The van der Waals surface area contributed by atoms with Crippen LogP contribution in [-0.2, 0) is 16.6 Å². The Kier molecular flexibility index (Phi) is 2.66. The van der Waals surface area contributed by atoms with E-state index < -0.39 is 10.0 Å². The molecule has 3 fully saturated rings. The monoisotopic (exact) mass is 306 g/mol. The molecule has 0 amide bonds. The molecule has 0 aromatic carbocycles. The Bertz CT molecular complexity index is 671. The summed E-state index contributed by atoms with van der Waals surface area (Å²) < 4.78 is 27.3. The Morgan fingerprint density at radius 1 is 1.38 bits per heavy atom. The molecule has 0 unspecified atom stereocenters. The molecule has 0 N–H and O–H groups in total. The van der Waals surface area contributed by atoms with Crippen LogP contribution in [0, 0.1) is 16.7 Å². The number of sulfonamides is 1. The maximum atomic E-state index is 12.7. The van der Waals surface area contributed by atoms with E-state index in [-0.39, 0.29) is 16.9 Å². The molecule has 1 aromatic heterocycles. The van der Waals surface area contributed by atoms with Crippen LogP contribution >= 0.6 is 0 Å². The van der Waals surface area contributed by atoms with Gasteiger partial charge in [0.05, 0.1) is 18.0 Å². The minimum absolute atomic E-state index is 0.0364. The summed E-state index contributed by atoms with van der Waals surface area (Å²) in [6, 6.07) is 5.88. The van der Waals surface area contributed by atoms with Crippen molar-refractivity contribution in [2.45, 2.75) is 45.7 Å². The van der Waals surface area contributed by atoms with Crippen LogP contribution < -0.4 is 0 Å². The van der Waals surface area contributed by atoms with E-state index in [0.29, 0.717) is 18.2 Å². The minimum atomic E-state index is -3.17. The van der Waals surface area contributed by atoms with Crippen molar-refractivity contribution in [1.82, 2.24) is 9.29 Å². The zero-order valence-corrected chi connectivity index (χ0v) is 13.4. The van der Waals surface area contributed by atoms with Crippen LogP contribution in [0.1, 0.15) is 38.8 Å². The molecule has 5 heteroatoms. The number of nitrogens with zero attached hydrogens (tertiary/aromatic N) is 2. The van der Waals surface area contributed by atoms with Crippen molar-refractivity contribution in [1.29, 1.82) is 0 Å². The molecule has 2 bridgehead atoms. The van der Waals surface area contributed by atoms with E-state index in [0.717, 1.165) is 18.5 Å². The van der Waals surface area contributed by atoms with E-state index in [1.165, 1.54) is 6.42 Å². The SMILES string of the molecule is CC1(C)[C@@H]2CC[C@@]13CS(=O)(=O)N(Cc1ccccn1)[C@@H]3C2. The lowest BCUT2D eigenvalue weighted by Gasteiger charge is -2.37. The fraction of sp³-hybridized carbons (Fsp3) is 0.688. The quantitative estimate of drug-likeness (QED) is 0.843. The van der Waals surface area contributed by atoms with Crippen molar-refractivity contribution in [2.75, 3.05) is 5.75 Å². The molecule has 3 atom stereocenters. The number of hydrogen-bond acceptors (Lipinski definition) is 3. The second-order valence-electron chi connectivity index (χ2n) is 7.49. The first-order valence-electron chi connectivity index (χ1n) is 7.76. The first kappa shape index (κ1) is 13.7. The summed E-state index contributed by atoms with van der Waals surface area (Å²) in [6.45, 7) is 4.99. The molecule has 1 aromatic rings. The topological polar surface area (TPSA) is 50.3 Å². The molecule has 4 rings (SSSR count). The van der Waals surface area contributed by atoms with Gasteiger partial charge in [-0.1, -0.05) is 19.9 Å². The molecular weight excluding hydrogens is 284 g/mol. The number of pyridine rings is 1. The third-order valence-corrected chi connectivity index (χ3v) is 8.56. The number of aromatic nitrogens is 1. The second kappa shape index (κ2) is 4.07. The van der Waals surface area contributed by atoms with E-state index in [4.69, 9.17) is 0 Å². The maximum Gasteiger partial charge on any atom is 0.215 e. The Hall–Kier alpha value is -0.940. The molecule has 1 aliphatic heterocycles. The molecule has 1 spiro atoms. The van der Waals surface area contributed by atoms with Crippen molar-refractivity contribution in [3.05, 3.63) is 30.1 Å². The molecule has 3 aliphatic rings. The molecular formula is C16H22N2O2S. The summed E-state index contributed by atoms with van der Waals surface area (Å²) >= 11 is 0. The zero-order chi connectivity index (χ0) is 14.9. The Labute approximate surface area is 126 Å². The number of fused-ring (bicyclic) bond motifs is 1. The standard InChI is InChI=1S/C16H22N2O2S/c1-15(2)12-6-7-16(15)11-21(19,20)18(14(16)9-12)10-13-5-3-4-8-17-13/h3-5,8,12,14H,6-7,9-11H2,1-2H3/t12-,14-,16+/m1/s1. The highest BCUT2D eigenvalue weighted by atomic mass is 32.2. The molecule has 2 heterocycles. The van der Waals surface area contributed by atoms with Gasteiger partial charge in [0.25, 0.3) is 0 Å².